The lowest BCUT2D eigenvalue weighted by atomic mass is 9.82. The van der Waals surface area contributed by atoms with Gasteiger partial charge in [0.05, 0.1) is 24.8 Å². The zero-order valence-corrected chi connectivity index (χ0v) is 21.7. The second-order valence-corrected chi connectivity index (χ2v) is 9.91. The molecule has 1 saturated heterocycles. The summed E-state index contributed by atoms with van der Waals surface area (Å²) < 4.78 is 5.89. The van der Waals surface area contributed by atoms with Crippen LogP contribution in [0.25, 0.3) is 0 Å². The van der Waals surface area contributed by atoms with E-state index < -0.39 is 23.8 Å². The monoisotopic (exact) mass is 519 g/mol. The summed E-state index contributed by atoms with van der Waals surface area (Å²) in [6.45, 7) is 4.01. The lowest BCUT2D eigenvalue weighted by Crippen LogP contribution is -2.47. The zero-order valence-electron chi connectivity index (χ0n) is 21.7. The van der Waals surface area contributed by atoms with Gasteiger partial charge in [0, 0.05) is 38.9 Å². The minimum absolute atomic E-state index is 0.163. The Balaban J connectivity index is 1.38. The highest BCUT2D eigenvalue weighted by atomic mass is 16.5. The average molecular weight is 520 g/mol. The molecule has 9 heteroatoms. The number of nitrogens with one attached hydrogen (secondary N) is 1. The van der Waals surface area contributed by atoms with Crippen molar-refractivity contribution in [3.8, 4) is 0 Å². The highest BCUT2D eigenvalue weighted by molar-refractivity contribution is 5.87. The molecule has 202 valence electrons. The number of carbonyl (C=O) groups excluding carboxylic acids is 3. The van der Waals surface area contributed by atoms with Crippen molar-refractivity contribution in [1.82, 2.24) is 15.2 Å². The molecule has 9 nitrogen and oxygen atoms in total. The number of amides is 2. The third-order valence-corrected chi connectivity index (χ3v) is 7.15. The molecule has 0 bridgehead atoms. The van der Waals surface area contributed by atoms with E-state index in [0.717, 1.165) is 44.0 Å². The van der Waals surface area contributed by atoms with Gasteiger partial charge in [-0.2, -0.15) is 0 Å². The molecule has 3 N–H and O–H groups in total. The zero-order chi connectivity index (χ0) is 26.7. The van der Waals surface area contributed by atoms with E-state index in [1.165, 1.54) is 0 Å². The van der Waals surface area contributed by atoms with Crippen molar-refractivity contribution in [2.24, 2.45) is 17.6 Å². The van der Waals surface area contributed by atoms with E-state index in [9.17, 15) is 14.4 Å². The number of ether oxygens (including phenoxy) is 1. The molecule has 0 spiro atoms. The number of nitrogens with two attached hydrogens (primary N) is 1. The molecule has 2 aromatic rings. The molecular weight excluding hydrogens is 482 g/mol. The molecule has 4 rings (SSSR count). The fraction of sp³-hybridized carbons (Fsp3) is 0.448. The normalized spacial score (nSPS) is 20.8. The van der Waals surface area contributed by atoms with Gasteiger partial charge in [0.2, 0.25) is 11.8 Å². The van der Waals surface area contributed by atoms with Gasteiger partial charge < -0.3 is 20.7 Å². The first-order chi connectivity index (χ1) is 18.5. The Bertz CT molecular complexity index is 1090. The molecule has 2 heterocycles. The standard InChI is InChI=1S/C29H37N5O4/c30-28(36)24-11-4-5-12-25(24)29(37)32-20-23(38-27(35)19-22-9-2-1-3-10-22)21-33-15-8-16-34(18-17-33)26-13-6-7-14-31-26/h1-7,9-10,13-14,23-25H,8,11-12,15-21H2,(H2,30,36)(H,32,37). The molecule has 2 amide bonds. The van der Waals surface area contributed by atoms with Crippen LogP contribution in [0.4, 0.5) is 5.82 Å². The second kappa shape index (κ2) is 13.7. The van der Waals surface area contributed by atoms with Crippen molar-refractivity contribution in [1.29, 1.82) is 0 Å². The van der Waals surface area contributed by atoms with E-state index in [1.54, 1.807) is 6.20 Å². The summed E-state index contributed by atoms with van der Waals surface area (Å²) in [4.78, 5) is 46.7. The first kappa shape index (κ1) is 27.3. The molecule has 0 radical (unpaired) electrons. The van der Waals surface area contributed by atoms with E-state index >= 15 is 0 Å². The van der Waals surface area contributed by atoms with Gasteiger partial charge in [-0.1, -0.05) is 48.6 Å². The molecule has 1 aromatic heterocycles. The average Bonchev–Trinajstić information content (AvgIpc) is 3.18. The minimum Gasteiger partial charge on any atom is -0.459 e. The summed E-state index contributed by atoms with van der Waals surface area (Å²) in [5.74, 6) is -1.12. The summed E-state index contributed by atoms with van der Waals surface area (Å²) in [5.41, 5.74) is 6.42. The van der Waals surface area contributed by atoms with Crippen LogP contribution in [0.2, 0.25) is 0 Å². The van der Waals surface area contributed by atoms with Crippen molar-refractivity contribution in [2.45, 2.75) is 31.8 Å². The fourth-order valence-corrected chi connectivity index (χ4v) is 5.11. The molecule has 0 saturated carbocycles. The van der Waals surface area contributed by atoms with Crippen LogP contribution in [0.3, 0.4) is 0 Å². The number of nitrogens with zero attached hydrogens (tertiary/aromatic N) is 3. The summed E-state index contributed by atoms with van der Waals surface area (Å²) >= 11 is 0. The minimum atomic E-state index is -0.526. The van der Waals surface area contributed by atoms with Crippen molar-refractivity contribution in [3.05, 3.63) is 72.4 Å². The molecule has 38 heavy (non-hydrogen) atoms. The summed E-state index contributed by atoms with van der Waals surface area (Å²) in [6.07, 6.45) is 7.11. The number of benzene rings is 1. The Kier molecular flexibility index (Phi) is 9.86. The number of carbonyl (C=O) groups is 3. The molecule has 1 fully saturated rings. The first-order valence-corrected chi connectivity index (χ1v) is 13.3. The van der Waals surface area contributed by atoms with Crippen molar-refractivity contribution < 1.29 is 19.1 Å². The number of pyridine rings is 1. The van der Waals surface area contributed by atoms with Crippen LogP contribution in [0, 0.1) is 11.8 Å². The number of esters is 1. The molecule has 1 aliphatic heterocycles. The van der Waals surface area contributed by atoms with Crippen LogP contribution < -0.4 is 16.0 Å². The predicted molar refractivity (Wildman–Crippen MR) is 145 cm³/mol. The Morgan fingerprint density at radius 1 is 0.974 bits per heavy atom. The molecule has 3 atom stereocenters. The maximum atomic E-state index is 13.0. The van der Waals surface area contributed by atoms with Crippen LogP contribution in [-0.4, -0.2) is 73.0 Å². The summed E-state index contributed by atoms with van der Waals surface area (Å²) in [7, 11) is 0. The van der Waals surface area contributed by atoms with Crippen LogP contribution in [0.1, 0.15) is 24.8 Å². The van der Waals surface area contributed by atoms with Gasteiger partial charge in [0.15, 0.2) is 0 Å². The van der Waals surface area contributed by atoms with Gasteiger partial charge in [0.1, 0.15) is 11.9 Å². The number of primary amides is 1. The fourth-order valence-electron chi connectivity index (χ4n) is 5.11. The van der Waals surface area contributed by atoms with Gasteiger partial charge in [-0.05, 0) is 37.0 Å². The Morgan fingerprint density at radius 2 is 1.74 bits per heavy atom. The molecule has 1 aromatic carbocycles. The number of allylic oxidation sites excluding steroid dienone is 2. The van der Waals surface area contributed by atoms with Crippen molar-refractivity contribution >= 4 is 23.6 Å². The topological polar surface area (TPSA) is 118 Å². The highest BCUT2D eigenvalue weighted by Gasteiger charge is 2.33. The number of anilines is 1. The van der Waals surface area contributed by atoms with Crippen LogP contribution in [0.5, 0.6) is 0 Å². The van der Waals surface area contributed by atoms with Gasteiger partial charge in [0.25, 0.3) is 0 Å². The van der Waals surface area contributed by atoms with E-state index in [4.69, 9.17) is 10.5 Å². The van der Waals surface area contributed by atoms with E-state index in [0.29, 0.717) is 19.4 Å². The Hall–Kier alpha value is -3.72. The number of aromatic nitrogens is 1. The Morgan fingerprint density at radius 3 is 2.47 bits per heavy atom. The molecular formula is C29H37N5O4. The summed E-state index contributed by atoms with van der Waals surface area (Å²) in [6, 6.07) is 15.4. The maximum absolute atomic E-state index is 13.0. The molecule has 3 unspecified atom stereocenters. The van der Waals surface area contributed by atoms with E-state index in [-0.39, 0.29) is 24.8 Å². The quantitative estimate of drug-likeness (QED) is 0.364. The van der Waals surface area contributed by atoms with Gasteiger partial charge >= 0.3 is 5.97 Å². The third-order valence-electron chi connectivity index (χ3n) is 7.15. The second-order valence-electron chi connectivity index (χ2n) is 9.91. The van der Waals surface area contributed by atoms with Crippen LogP contribution >= 0.6 is 0 Å². The van der Waals surface area contributed by atoms with E-state index in [1.807, 2.05) is 60.7 Å². The van der Waals surface area contributed by atoms with Gasteiger partial charge in [-0.3, -0.25) is 19.3 Å². The maximum Gasteiger partial charge on any atom is 0.310 e. The van der Waals surface area contributed by atoms with Crippen LogP contribution in [0.15, 0.2) is 66.9 Å². The smallest absolute Gasteiger partial charge is 0.310 e. The Labute approximate surface area is 224 Å². The molecule has 2 aliphatic rings. The predicted octanol–water partition coefficient (Wildman–Crippen LogP) is 1.93. The van der Waals surface area contributed by atoms with Gasteiger partial charge in [-0.15, -0.1) is 0 Å². The summed E-state index contributed by atoms with van der Waals surface area (Å²) in [5, 5.41) is 2.94. The lowest BCUT2D eigenvalue weighted by Gasteiger charge is -2.29. The number of hydrogen-bond donors (Lipinski definition) is 2. The number of hydrogen-bond acceptors (Lipinski definition) is 7. The van der Waals surface area contributed by atoms with Crippen LogP contribution in [-0.2, 0) is 25.5 Å². The SMILES string of the molecule is NC(=O)C1CC=CCC1C(=O)NCC(CN1CCCN(c2ccccn2)CC1)OC(=O)Cc1ccccc1. The van der Waals surface area contributed by atoms with Crippen molar-refractivity contribution in [3.63, 3.8) is 0 Å². The third kappa shape index (κ3) is 7.89. The van der Waals surface area contributed by atoms with Gasteiger partial charge in [-0.25, -0.2) is 4.98 Å². The van der Waals surface area contributed by atoms with E-state index in [2.05, 4.69) is 20.1 Å². The van der Waals surface area contributed by atoms with Crippen molar-refractivity contribution in [2.75, 3.05) is 44.2 Å². The number of rotatable bonds is 10. The first-order valence-electron chi connectivity index (χ1n) is 13.3. The lowest BCUT2D eigenvalue weighted by molar-refractivity contribution is -0.149. The molecule has 1 aliphatic carbocycles. The largest absolute Gasteiger partial charge is 0.459 e. The highest BCUT2D eigenvalue weighted by Crippen LogP contribution is 2.25.